The molecule has 262 valence electrons. The number of nitrogens with zero attached hydrogens (tertiary/aromatic N) is 2. The standard InChI is InChI=1S/C37H45FN4O6S/c1-5-13-34-40-32(6-2)35(36(43)39-21-12-22-47-29-14-8-7-9-15-29)42(34)25-28-19-18-27(24-31(28)38)30-16-10-11-17-33(30)49(45,46)41-37(44)48-23-20-26(3)4/h7-11,14-19,24,26H,5-6,12-13,20-23,25H2,1-4H3,(H,39,43)(H,41,44). The number of para-hydroxylation sites is 1. The average Bonchev–Trinajstić information content (AvgIpc) is 3.42. The normalized spacial score (nSPS) is 11.4. The van der Waals surface area contributed by atoms with Crippen LogP contribution >= 0.6 is 0 Å². The van der Waals surface area contributed by atoms with Crippen LogP contribution in [0, 0.1) is 11.7 Å². The fraction of sp³-hybridized carbons (Fsp3) is 0.378. The maximum absolute atomic E-state index is 15.8. The van der Waals surface area contributed by atoms with Gasteiger partial charge < -0.3 is 19.4 Å². The van der Waals surface area contributed by atoms with Gasteiger partial charge in [0.25, 0.3) is 15.9 Å². The summed E-state index contributed by atoms with van der Waals surface area (Å²) in [5.74, 6) is 0.852. The second-order valence-corrected chi connectivity index (χ2v) is 13.7. The molecule has 12 heteroatoms. The summed E-state index contributed by atoms with van der Waals surface area (Å²) in [6.45, 7) is 8.82. The molecule has 0 aliphatic carbocycles. The molecule has 1 heterocycles. The SMILES string of the molecule is CCCc1nc(CC)c(C(=O)NCCCOc2ccccc2)n1Cc1ccc(-c2ccccc2S(=O)(=O)NC(=O)OCCC(C)C)cc1F. The second-order valence-electron chi connectivity index (χ2n) is 12.0. The number of rotatable bonds is 17. The highest BCUT2D eigenvalue weighted by atomic mass is 32.2. The topological polar surface area (TPSA) is 129 Å². The van der Waals surface area contributed by atoms with E-state index in [2.05, 4.69) is 5.32 Å². The summed E-state index contributed by atoms with van der Waals surface area (Å²) in [6.07, 6.45) is 2.01. The summed E-state index contributed by atoms with van der Waals surface area (Å²) < 4.78 is 56.7. The Labute approximate surface area is 288 Å². The first-order valence-electron chi connectivity index (χ1n) is 16.7. The number of aromatic nitrogens is 2. The van der Waals surface area contributed by atoms with Gasteiger partial charge in [-0.3, -0.25) is 4.79 Å². The van der Waals surface area contributed by atoms with Crippen LogP contribution < -0.4 is 14.8 Å². The third-order valence-corrected chi connectivity index (χ3v) is 9.15. The minimum atomic E-state index is -4.33. The Kier molecular flexibility index (Phi) is 13.3. The number of aryl methyl sites for hydroxylation is 2. The lowest BCUT2D eigenvalue weighted by Crippen LogP contribution is -2.31. The maximum atomic E-state index is 15.8. The fourth-order valence-corrected chi connectivity index (χ4v) is 6.36. The number of carbonyl (C=O) groups excluding carboxylic acids is 2. The highest BCUT2D eigenvalue weighted by molar-refractivity contribution is 7.90. The van der Waals surface area contributed by atoms with Crippen molar-refractivity contribution in [1.82, 2.24) is 19.6 Å². The van der Waals surface area contributed by atoms with Gasteiger partial charge in [-0.15, -0.1) is 0 Å². The molecule has 0 aliphatic rings. The molecule has 1 aromatic heterocycles. The molecular formula is C37H45FN4O6S. The molecule has 3 aromatic carbocycles. The zero-order valence-electron chi connectivity index (χ0n) is 28.5. The Balaban J connectivity index is 1.53. The third-order valence-electron chi connectivity index (χ3n) is 7.78. The molecule has 0 spiro atoms. The molecule has 0 saturated carbocycles. The highest BCUT2D eigenvalue weighted by Crippen LogP contribution is 2.29. The molecule has 4 aromatic rings. The molecule has 0 unspecified atom stereocenters. The van der Waals surface area contributed by atoms with Gasteiger partial charge >= 0.3 is 6.09 Å². The van der Waals surface area contributed by atoms with Gasteiger partial charge in [0, 0.05) is 24.1 Å². The smallest absolute Gasteiger partial charge is 0.421 e. The number of carbonyl (C=O) groups is 2. The number of sulfonamides is 1. The molecule has 0 aliphatic heterocycles. The van der Waals surface area contributed by atoms with Gasteiger partial charge in [0.05, 0.1) is 30.3 Å². The van der Waals surface area contributed by atoms with Crippen molar-refractivity contribution in [2.24, 2.45) is 5.92 Å². The van der Waals surface area contributed by atoms with Crippen LogP contribution in [0.4, 0.5) is 9.18 Å². The van der Waals surface area contributed by atoms with Gasteiger partial charge in [-0.1, -0.05) is 76.2 Å². The first-order chi connectivity index (χ1) is 23.5. The predicted octanol–water partition coefficient (Wildman–Crippen LogP) is 6.91. The number of nitrogens with one attached hydrogen (secondary N) is 2. The Morgan fingerprint density at radius 2 is 1.71 bits per heavy atom. The van der Waals surface area contributed by atoms with Crippen molar-refractivity contribution in [3.63, 3.8) is 0 Å². The van der Waals surface area contributed by atoms with Gasteiger partial charge in [0.2, 0.25) is 0 Å². The van der Waals surface area contributed by atoms with Crippen molar-refractivity contribution in [3.8, 4) is 16.9 Å². The predicted molar refractivity (Wildman–Crippen MR) is 187 cm³/mol. The van der Waals surface area contributed by atoms with Gasteiger partial charge in [0.15, 0.2) is 0 Å². The van der Waals surface area contributed by atoms with Crippen LogP contribution in [0.15, 0.2) is 77.7 Å². The molecule has 2 amide bonds. The summed E-state index contributed by atoms with van der Waals surface area (Å²) in [4.78, 5) is 30.3. The van der Waals surface area contributed by atoms with E-state index in [1.54, 1.807) is 28.8 Å². The van der Waals surface area contributed by atoms with Crippen LogP contribution in [0.2, 0.25) is 0 Å². The van der Waals surface area contributed by atoms with E-state index in [1.807, 2.05) is 62.7 Å². The van der Waals surface area contributed by atoms with E-state index in [-0.39, 0.29) is 35.4 Å². The van der Waals surface area contributed by atoms with E-state index in [0.717, 1.165) is 12.2 Å². The van der Waals surface area contributed by atoms with E-state index in [0.29, 0.717) is 67.2 Å². The van der Waals surface area contributed by atoms with Gasteiger partial charge in [-0.25, -0.2) is 27.3 Å². The minimum Gasteiger partial charge on any atom is -0.494 e. The summed E-state index contributed by atoms with van der Waals surface area (Å²) in [5, 5.41) is 2.97. The summed E-state index contributed by atoms with van der Waals surface area (Å²) in [6, 6.07) is 20.0. The second kappa shape index (κ2) is 17.6. The Bertz CT molecular complexity index is 1830. The number of amides is 2. The quantitative estimate of drug-likeness (QED) is 0.115. The Morgan fingerprint density at radius 3 is 2.41 bits per heavy atom. The van der Waals surface area contributed by atoms with E-state index in [9.17, 15) is 18.0 Å². The monoisotopic (exact) mass is 692 g/mol. The highest BCUT2D eigenvalue weighted by Gasteiger charge is 2.25. The van der Waals surface area contributed by atoms with Gasteiger partial charge in [-0.05, 0) is 61.4 Å². The van der Waals surface area contributed by atoms with E-state index in [1.165, 1.54) is 18.2 Å². The number of ether oxygens (including phenoxy) is 2. The van der Waals surface area contributed by atoms with Crippen LogP contribution in [-0.4, -0.2) is 49.7 Å². The molecule has 0 saturated heterocycles. The van der Waals surface area contributed by atoms with Crippen LogP contribution in [0.1, 0.15) is 74.5 Å². The molecule has 2 N–H and O–H groups in total. The van der Waals surface area contributed by atoms with Crippen LogP contribution in [0.25, 0.3) is 11.1 Å². The lowest BCUT2D eigenvalue weighted by atomic mass is 10.0. The first kappa shape index (κ1) is 37.1. The number of hydrogen-bond acceptors (Lipinski definition) is 7. The summed E-state index contributed by atoms with van der Waals surface area (Å²) in [7, 11) is -4.33. The summed E-state index contributed by atoms with van der Waals surface area (Å²) in [5.41, 5.74) is 1.85. The van der Waals surface area contributed by atoms with Crippen LogP contribution in [-0.2, 0) is 34.1 Å². The molecule has 0 radical (unpaired) electrons. The largest absolute Gasteiger partial charge is 0.494 e. The van der Waals surface area contributed by atoms with Crippen LogP contribution in [0.5, 0.6) is 5.75 Å². The van der Waals surface area contributed by atoms with Gasteiger partial charge in [0.1, 0.15) is 23.1 Å². The van der Waals surface area contributed by atoms with E-state index in [4.69, 9.17) is 14.5 Å². The van der Waals surface area contributed by atoms with Crippen molar-refractivity contribution < 1.29 is 31.9 Å². The summed E-state index contributed by atoms with van der Waals surface area (Å²) >= 11 is 0. The lowest BCUT2D eigenvalue weighted by molar-refractivity contribution is 0.0941. The molecule has 0 atom stereocenters. The number of benzene rings is 3. The molecule has 49 heavy (non-hydrogen) atoms. The van der Waals surface area contributed by atoms with Crippen molar-refractivity contribution in [2.45, 2.75) is 71.2 Å². The van der Waals surface area contributed by atoms with Crippen molar-refractivity contribution in [3.05, 3.63) is 101 Å². The molecular weight excluding hydrogens is 647 g/mol. The number of halogens is 1. The Morgan fingerprint density at radius 1 is 0.980 bits per heavy atom. The van der Waals surface area contributed by atoms with Crippen molar-refractivity contribution in [2.75, 3.05) is 19.8 Å². The van der Waals surface area contributed by atoms with Gasteiger partial charge in [-0.2, -0.15) is 0 Å². The maximum Gasteiger partial charge on any atom is 0.421 e. The lowest BCUT2D eigenvalue weighted by Gasteiger charge is -2.15. The van der Waals surface area contributed by atoms with Crippen LogP contribution in [0.3, 0.4) is 0 Å². The Hall–Kier alpha value is -4.71. The number of imidazole rings is 1. The molecule has 10 nitrogen and oxygen atoms in total. The zero-order chi connectivity index (χ0) is 35.4. The average molecular weight is 693 g/mol. The van der Waals surface area contributed by atoms with Crippen molar-refractivity contribution >= 4 is 22.0 Å². The third kappa shape index (κ3) is 10.1. The number of hydrogen-bond donors (Lipinski definition) is 2. The fourth-order valence-electron chi connectivity index (χ4n) is 5.24. The van der Waals surface area contributed by atoms with Crippen molar-refractivity contribution in [1.29, 1.82) is 0 Å². The van der Waals surface area contributed by atoms with E-state index < -0.39 is 21.9 Å². The van der Waals surface area contributed by atoms with E-state index >= 15 is 4.39 Å². The molecule has 4 rings (SSSR count). The minimum absolute atomic E-state index is 0.0536. The first-order valence-corrected chi connectivity index (χ1v) is 18.1. The molecule has 0 bridgehead atoms. The molecule has 0 fully saturated rings. The zero-order valence-corrected chi connectivity index (χ0v) is 29.3.